The summed E-state index contributed by atoms with van der Waals surface area (Å²) in [6.07, 6.45) is 0. The number of methoxy groups -OCH3 is 2. The Bertz CT molecular complexity index is 1160. The zero-order valence-corrected chi connectivity index (χ0v) is 22.3. The number of thioether (sulfide) groups is 1. The normalized spacial score (nSPS) is 11.3. The van der Waals surface area contributed by atoms with Gasteiger partial charge in [0.25, 0.3) is 5.91 Å². The number of thiophene rings is 1. The number of hydrogen-bond acceptors (Lipinski definition) is 10. The van der Waals surface area contributed by atoms with Gasteiger partial charge in [0, 0.05) is 32.9 Å². The molecule has 10 nitrogen and oxygen atoms in total. The molecule has 0 spiro atoms. The molecule has 0 aliphatic heterocycles. The first-order valence-electron chi connectivity index (χ1n) is 10.5. The van der Waals surface area contributed by atoms with Crippen LogP contribution in [-0.4, -0.2) is 71.7 Å². The van der Waals surface area contributed by atoms with Crippen molar-refractivity contribution in [2.45, 2.75) is 23.6 Å². The fourth-order valence-electron chi connectivity index (χ4n) is 2.98. The van der Waals surface area contributed by atoms with Gasteiger partial charge in [-0.2, -0.15) is 9.57 Å². The number of nitriles is 1. The van der Waals surface area contributed by atoms with Crippen molar-refractivity contribution in [3.05, 3.63) is 40.3 Å². The van der Waals surface area contributed by atoms with Crippen molar-refractivity contribution >= 4 is 50.0 Å². The number of ether oxygens (including phenoxy) is 3. The predicted octanol–water partition coefficient (Wildman–Crippen LogP) is 3.34. The standard InChI is InChI=1S/C22H27N3O7S3/c1-5-32-22(27)19-15(2)18(33-14-23)21(34-19)24-20(26)16-6-8-17(9-7-16)35(28,29)25(10-12-30-3)11-13-31-4/h6-9H,5,10-13H2,1-4H3,(H,24,26). The molecule has 1 aromatic heterocycles. The number of carbonyl (C=O) groups excluding carboxylic acids is 2. The third kappa shape index (κ3) is 7.26. The molecule has 1 aromatic carbocycles. The van der Waals surface area contributed by atoms with Gasteiger partial charge in [-0.05, 0) is 55.4 Å². The maximum absolute atomic E-state index is 13.0. The number of amides is 1. The summed E-state index contributed by atoms with van der Waals surface area (Å²) in [6, 6.07) is 5.50. The lowest BCUT2D eigenvalue weighted by atomic mass is 10.2. The van der Waals surface area contributed by atoms with Crippen molar-refractivity contribution in [3.63, 3.8) is 0 Å². The Kier molecular flexibility index (Phi) is 11.2. The molecule has 0 aliphatic carbocycles. The average Bonchev–Trinajstić information content (AvgIpc) is 3.14. The lowest BCUT2D eigenvalue weighted by Crippen LogP contribution is -2.36. The third-order valence-corrected chi connectivity index (χ3v) is 8.81. The zero-order chi connectivity index (χ0) is 26.0. The van der Waals surface area contributed by atoms with Crippen molar-refractivity contribution < 1.29 is 32.2 Å². The highest BCUT2D eigenvalue weighted by atomic mass is 32.2. The molecule has 0 unspecified atom stereocenters. The molecule has 0 saturated heterocycles. The number of carbonyl (C=O) groups is 2. The van der Waals surface area contributed by atoms with E-state index in [1.807, 2.05) is 5.40 Å². The molecule has 1 heterocycles. The highest BCUT2D eigenvalue weighted by molar-refractivity contribution is 8.04. The number of sulfonamides is 1. The van der Waals surface area contributed by atoms with Crippen molar-refractivity contribution in [2.75, 3.05) is 52.4 Å². The molecule has 35 heavy (non-hydrogen) atoms. The van der Waals surface area contributed by atoms with Crippen LogP contribution in [0.25, 0.3) is 0 Å². The zero-order valence-electron chi connectivity index (χ0n) is 19.8. The fourth-order valence-corrected chi connectivity index (χ4v) is 6.19. The summed E-state index contributed by atoms with van der Waals surface area (Å²) in [5.41, 5.74) is 0.755. The largest absolute Gasteiger partial charge is 0.462 e. The fraction of sp³-hybridized carbons (Fsp3) is 0.409. The van der Waals surface area contributed by atoms with Crippen LogP contribution in [0.2, 0.25) is 0 Å². The van der Waals surface area contributed by atoms with E-state index < -0.39 is 21.9 Å². The number of esters is 1. The second-order valence-corrected chi connectivity index (χ2v) is 10.7. The molecule has 13 heteroatoms. The number of thiocyanates is 1. The van der Waals surface area contributed by atoms with E-state index in [4.69, 9.17) is 19.5 Å². The second kappa shape index (κ2) is 13.6. The Hall–Kier alpha value is -2.47. The summed E-state index contributed by atoms with van der Waals surface area (Å²) in [5, 5.41) is 14.2. The molecule has 0 aliphatic rings. The number of hydrogen-bond donors (Lipinski definition) is 1. The molecular weight excluding hydrogens is 514 g/mol. The molecule has 1 N–H and O–H groups in total. The minimum atomic E-state index is -3.83. The monoisotopic (exact) mass is 541 g/mol. The van der Waals surface area contributed by atoms with Gasteiger partial charge >= 0.3 is 5.97 Å². The van der Waals surface area contributed by atoms with E-state index >= 15 is 0 Å². The summed E-state index contributed by atoms with van der Waals surface area (Å²) in [5.74, 6) is -1.04. The van der Waals surface area contributed by atoms with E-state index in [1.165, 1.54) is 42.8 Å². The maximum Gasteiger partial charge on any atom is 0.348 e. The smallest absolute Gasteiger partial charge is 0.348 e. The van der Waals surface area contributed by atoms with Gasteiger partial charge in [0.05, 0.1) is 29.6 Å². The maximum atomic E-state index is 13.0. The lowest BCUT2D eigenvalue weighted by molar-refractivity contribution is 0.0531. The summed E-state index contributed by atoms with van der Waals surface area (Å²) in [6.45, 7) is 4.32. The summed E-state index contributed by atoms with van der Waals surface area (Å²) >= 11 is 1.85. The molecule has 2 aromatic rings. The van der Waals surface area contributed by atoms with E-state index in [2.05, 4.69) is 5.32 Å². The molecular formula is C22H27N3O7S3. The summed E-state index contributed by atoms with van der Waals surface area (Å²) in [7, 11) is -0.853. The first-order valence-corrected chi connectivity index (χ1v) is 13.5. The van der Waals surface area contributed by atoms with E-state index in [0.717, 1.165) is 23.1 Å². The molecule has 0 fully saturated rings. The Morgan fingerprint density at radius 2 is 1.74 bits per heavy atom. The van der Waals surface area contributed by atoms with Crippen LogP contribution in [-0.2, 0) is 24.2 Å². The number of benzene rings is 1. The Labute approximate surface area is 213 Å². The van der Waals surface area contributed by atoms with Crippen LogP contribution in [0.15, 0.2) is 34.1 Å². The molecule has 0 radical (unpaired) electrons. The van der Waals surface area contributed by atoms with Crippen LogP contribution in [0.3, 0.4) is 0 Å². The van der Waals surface area contributed by atoms with Crippen LogP contribution in [0.5, 0.6) is 0 Å². The van der Waals surface area contributed by atoms with Gasteiger partial charge in [0.2, 0.25) is 10.0 Å². The first-order chi connectivity index (χ1) is 16.7. The highest BCUT2D eigenvalue weighted by Gasteiger charge is 2.25. The third-order valence-electron chi connectivity index (χ3n) is 4.77. The van der Waals surface area contributed by atoms with Gasteiger partial charge < -0.3 is 19.5 Å². The number of anilines is 1. The molecule has 2 rings (SSSR count). The van der Waals surface area contributed by atoms with Crippen LogP contribution in [0.1, 0.15) is 32.5 Å². The molecule has 1 amide bonds. The molecule has 0 saturated carbocycles. The van der Waals surface area contributed by atoms with Crippen LogP contribution in [0.4, 0.5) is 5.00 Å². The van der Waals surface area contributed by atoms with Gasteiger partial charge in [0.15, 0.2) is 0 Å². The van der Waals surface area contributed by atoms with E-state index in [-0.39, 0.29) is 43.4 Å². The topological polar surface area (TPSA) is 135 Å². The van der Waals surface area contributed by atoms with E-state index in [9.17, 15) is 18.0 Å². The van der Waals surface area contributed by atoms with Gasteiger partial charge in [0.1, 0.15) is 15.3 Å². The minimum absolute atomic E-state index is 0.0264. The van der Waals surface area contributed by atoms with Crippen molar-refractivity contribution in [3.8, 4) is 5.40 Å². The van der Waals surface area contributed by atoms with Gasteiger partial charge in [-0.1, -0.05) is 0 Å². The lowest BCUT2D eigenvalue weighted by Gasteiger charge is -2.21. The van der Waals surface area contributed by atoms with Crippen molar-refractivity contribution in [1.29, 1.82) is 5.26 Å². The minimum Gasteiger partial charge on any atom is -0.462 e. The molecule has 190 valence electrons. The molecule has 0 atom stereocenters. The van der Waals surface area contributed by atoms with Gasteiger partial charge in [-0.25, -0.2) is 13.2 Å². The SMILES string of the molecule is CCOC(=O)c1sc(NC(=O)c2ccc(S(=O)(=O)N(CCOC)CCOC)cc2)c(SC#N)c1C. The number of nitrogens with one attached hydrogen (secondary N) is 1. The van der Waals surface area contributed by atoms with Crippen molar-refractivity contribution in [1.82, 2.24) is 4.31 Å². The molecule has 0 bridgehead atoms. The van der Waals surface area contributed by atoms with Gasteiger partial charge in [-0.15, -0.1) is 11.3 Å². The predicted molar refractivity (Wildman–Crippen MR) is 133 cm³/mol. The summed E-state index contributed by atoms with van der Waals surface area (Å²) in [4.78, 5) is 25.9. The van der Waals surface area contributed by atoms with Crippen LogP contribution in [0, 0.1) is 17.6 Å². The quantitative estimate of drug-likeness (QED) is 0.230. The summed E-state index contributed by atoms with van der Waals surface area (Å²) < 4.78 is 42.4. The Morgan fingerprint density at radius 3 is 2.26 bits per heavy atom. The van der Waals surface area contributed by atoms with Crippen LogP contribution >= 0.6 is 23.1 Å². The van der Waals surface area contributed by atoms with Crippen LogP contribution < -0.4 is 5.32 Å². The Balaban J connectivity index is 2.27. The number of rotatable bonds is 13. The first kappa shape index (κ1) is 28.8. The highest BCUT2D eigenvalue weighted by Crippen LogP contribution is 2.40. The second-order valence-electron chi connectivity index (χ2n) is 7.00. The number of nitrogens with zero attached hydrogens (tertiary/aromatic N) is 2. The van der Waals surface area contributed by atoms with E-state index in [1.54, 1.807) is 13.8 Å². The van der Waals surface area contributed by atoms with Gasteiger partial charge in [-0.3, -0.25) is 4.79 Å². The Morgan fingerprint density at radius 1 is 1.14 bits per heavy atom. The van der Waals surface area contributed by atoms with E-state index in [0.29, 0.717) is 20.3 Å². The van der Waals surface area contributed by atoms with Crippen molar-refractivity contribution in [2.24, 2.45) is 0 Å². The average molecular weight is 542 g/mol.